The molecule has 0 saturated carbocycles. The normalized spacial score (nSPS) is 23.7. The van der Waals surface area contributed by atoms with E-state index in [4.69, 9.17) is 11.6 Å². The van der Waals surface area contributed by atoms with E-state index < -0.39 is 0 Å². The van der Waals surface area contributed by atoms with Crippen LogP contribution in [0.3, 0.4) is 0 Å². The highest BCUT2D eigenvalue weighted by molar-refractivity contribution is 6.30. The van der Waals surface area contributed by atoms with Crippen LogP contribution in [0.4, 0.5) is 0 Å². The van der Waals surface area contributed by atoms with Crippen molar-refractivity contribution >= 4 is 36.4 Å². The number of benzene rings is 1. The van der Waals surface area contributed by atoms with E-state index in [1.54, 1.807) is 0 Å². The minimum atomic E-state index is 0. The minimum Gasteiger partial charge on any atom is -0.412 e. The fourth-order valence-electron chi connectivity index (χ4n) is 3.51. The Kier molecular flexibility index (Phi) is 11.7. The minimum absolute atomic E-state index is 0. The van der Waals surface area contributed by atoms with E-state index in [0.717, 1.165) is 18.1 Å². The highest BCUT2D eigenvalue weighted by Crippen LogP contribution is 2.35. The van der Waals surface area contributed by atoms with Crippen molar-refractivity contribution in [1.29, 1.82) is 0 Å². The largest absolute Gasteiger partial charge is 0.412 e. The third-order valence-electron chi connectivity index (χ3n) is 4.50. The molecule has 1 saturated heterocycles. The van der Waals surface area contributed by atoms with Gasteiger partial charge in [-0.15, -0.1) is 24.8 Å². The molecule has 3 rings (SSSR count). The maximum absolute atomic E-state index is 6.09. The first-order valence-electron chi connectivity index (χ1n) is 6.99. The maximum atomic E-state index is 6.09. The summed E-state index contributed by atoms with van der Waals surface area (Å²) in [4.78, 5) is 2.67. The summed E-state index contributed by atoms with van der Waals surface area (Å²) in [7, 11) is 0. The van der Waals surface area contributed by atoms with Gasteiger partial charge in [0, 0.05) is 37.2 Å². The van der Waals surface area contributed by atoms with Crippen LogP contribution in [0.1, 0.15) is 30.4 Å². The van der Waals surface area contributed by atoms with Gasteiger partial charge in [0.05, 0.1) is 0 Å². The van der Waals surface area contributed by atoms with Gasteiger partial charge >= 0.3 is 0 Å². The Labute approximate surface area is 150 Å². The Balaban J connectivity index is 0. The first-order chi connectivity index (χ1) is 8.75. The number of hydrogen-bond acceptors (Lipinski definition) is 2. The number of fused-ring (bicyclic) bond motifs is 1. The van der Waals surface area contributed by atoms with Crippen LogP contribution in [0.25, 0.3) is 0 Å². The third-order valence-corrected chi connectivity index (χ3v) is 4.74. The van der Waals surface area contributed by atoms with Gasteiger partial charge < -0.3 is 16.3 Å². The Bertz CT molecular complexity index is 443. The molecule has 2 atom stereocenters. The van der Waals surface area contributed by atoms with Crippen molar-refractivity contribution in [2.45, 2.75) is 31.7 Å². The molecule has 0 bridgehead atoms. The number of aryl methyl sites for hydroxylation is 1. The monoisotopic (exact) mass is 372 g/mol. The Morgan fingerprint density at radius 2 is 1.77 bits per heavy atom. The molecule has 22 heavy (non-hydrogen) atoms. The van der Waals surface area contributed by atoms with Crippen LogP contribution >= 0.6 is 36.4 Å². The summed E-state index contributed by atoms with van der Waals surface area (Å²) >= 11 is 6.09. The van der Waals surface area contributed by atoms with E-state index in [0.29, 0.717) is 12.0 Å². The quantitative estimate of drug-likeness (QED) is 0.815. The number of rotatable bonds is 1. The number of piperazine rings is 1. The summed E-state index contributed by atoms with van der Waals surface area (Å²) in [6.07, 6.45) is 2.45. The lowest BCUT2D eigenvalue weighted by atomic mass is 9.79. The van der Waals surface area contributed by atoms with Crippen LogP contribution in [-0.2, 0) is 6.42 Å². The van der Waals surface area contributed by atoms with Crippen molar-refractivity contribution < 1.29 is 11.0 Å². The zero-order valence-electron chi connectivity index (χ0n) is 12.8. The van der Waals surface area contributed by atoms with Crippen molar-refractivity contribution in [2.75, 3.05) is 26.2 Å². The average molecular weight is 374 g/mol. The first kappa shape index (κ1) is 24.2. The number of halogens is 3. The van der Waals surface area contributed by atoms with Gasteiger partial charge in [0.1, 0.15) is 0 Å². The molecule has 1 heterocycles. The SMILES string of the molecule is C[C@@H]1c2ccc(Cl)cc2CC[C@@H]1N1CCNCC1.Cl.Cl.O.O. The molecular weight excluding hydrogens is 347 g/mol. The van der Waals surface area contributed by atoms with E-state index in [-0.39, 0.29) is 35.8 Å². The van der Waals surface area contributed by atoms with Gasteiger partial charge in [-0.1, -0.05) is 24.6 Å². The summed E-state index contributed by atoms with van der Waals surface area (Å²) in [5, 5.41) is 4.31. The molecule has 1 aromatic rings. The molecule has 0 unspecified atom stereocenters. The van der Waals surface area contributed by atoms with E-state index in [9.17, 15) is 0 Å². The maximum Gasteiger partial charge on any atom is 0.0408 e. The standard InChI is InChI=1S/C15H21ClN2.2ClH.2H2O/c1-11-14-4-3-13(16)10-12(14)2-5-15(11)18-8-6-17-7-9-18;;;;/h3-4,10-11,15,17H,2,5-9H2,1H3;2*1H;2*1H2/t11-,15+;;;;/m1..../s1. The van der Waals surface area contributed by atoms with Gasteiger partial charge in [-0.2, -0.15) is 0 Å². The van der Waals surface area contributed by atoms with Crippen molar-refractivity contribution in [1.82, 2.24) is 10.2 Å². The van der Waals surface area contributed by atoms with Gasteiger partial charge in [0.15, 0.2) is 0 Å². The Hall–Kier alpha value is -0.0700. The second-order valence-electron chi connectivity index (χ2n) is 5.52. The van der Waals surface area contributed by atoms with E-state index in [2.05, 4.69) is 29.3 Å². The predicted molar refractivity (Wildman–Crippen MR) is 98.1 cm³/mol. The zero-order valence-corrected chi connectivity index (χ0v) is 15.2. The van der Waals surface area contributed by atoms with Gasteiger partial charge in [-0.3, -0.25) is 4.90 Å². The van der Waals surface area contributed by atoms with Gasteiger partial charge in [0.2, 0.25) is 0 Å². The fraction of sp³-hybridized carbons (Fsp3) is 0.600. The van der Waals surface area contributed by atoms with Crippen molar-refractivity contribution in [3.8, 4) is 0 Å². The Morgan fingerprint density at radius 1 is 1.14 bits per heavy atom. The van der Waals surface area contributed by atoms with Crippen molar-refractivity contribution in [2.24, 2.45) is 0 Å². The number of hydrogen-bond donors (Lipinski definition) is 1. The van der Waals surface area contributed by atoms with Crippen molar-refractivity contribution in [3.05, 3.63) is 34.3 Å². The molecule has 0 aromatic heterocycles. The third kappa shape index (κ3) is 4.96. The van der Waals surface area contributed by atoms with E-state index in [1.165, 1.54) is 37.1 Å². The summed E-state index contributed by atoms with van der Waals surface area (Å²) in [5.74, 6) is 0.629. The zero-order chi connectivity index (χ0) is 12.5. The summed E-state index contributed by atoms with van der Waals surface area (Å²) in [6, 6.07) is 7.13. The van der Waals surface area contributed by atoms with Gasteiger partial charge in [-0.05, 0) is 42.0 Å². The molecule has 0 amide bonds. The molecule has 1 aliphatic carbocycles. The molecule has 2 aliphatic rings. The van der Waals surface area contributed by atoms with E-state index >= 15 is 0 Å². The molecule has 0 spiro atoms. The van der Waals surface area contributed by atoms with Crippen LogP contribution in [-0.4, -0.2) is 48.1 Å². The summed E-state index contributed by atoms with van der Waals surface area (Å²) < 4.78 is 0. The molecule has 5 N–H and O–H groups in total. The molecule has 0 radical (unpaired) electrons. The molecule has 1 aliphatic heterocycles. The molecule has 130 valence electrons. The fourth-order valence-corrected chi connectivity index (χ4v) is 3.70. The Morgan fingerprint density at radius 3 is 2.41 bits per heavy atom. The lowest BCUT2D eigenvalue weighted by Gasteiger charge is -2.41. The average Bonchev–Trinajstić information content (AvgIpc) is 2.40. The second-order valence-corrected chi connectivity index (χ2v) is 5.96. The van der Waals surface area contributed by atoms with Gasteiger partial charge in [-0.25, -0.2) is 0 Å². The lowest BCUT2D eigenvalue weighted by Crippen LogP contribution is -2.51. The number of nitrogens with zero attached hydrogens (tertiary/aromatic N) is 1. The van der Waals surface area contributed by atoms with Crippen LogP contribution in [0.15, 0.2) is 18.2 Å². The molecular formula is C15H27Cl3N2O2. The van der Waals surface area contributed by atoms with E-state index in [1.807, 2.05) is 6.07 Å². The van der Waals surface area contributed by atoms with Gasteiger partial charge in [0.25, 0.3) is 0 Å². The number of nitrogens with one attached hydrogen (secondary N) is 1. The molecule has 1 aromatic carbocycles. The topological polar surface area (TPSA) is 78.3 Å². The molecule has 1 fully saturated rings. The highest BCUT2D eigenvalue weighted by atomic mass is 35.5. The van der Waals surface area contributed by atoms with Crippen molar-refractivity contribution in [3.63, 3.8) is 0 Å². The smallest absolute Gasteiger partial charge is 0.0408 e. The van der Waals surface area contributed by atoms with Crippen LogP contribution in [0.5, 0.6) is 0 Å². The molecule has 4 nitrogen and oxygen atoms in total. The summed E-state index contributed by atoms with van der Waals surface area (Å²) in [6.45, 7) is 7.03. The summed E-state index contributed by atoms with van der Waals surface area (Å²) in [5.41, 5.74) is 2.97. The van der Waals surface area contributed by atoms with Crippen LogP contribution < -0.4 is 5.32 Å². The lowest BCUT2D eigenvalue weighted by molar-refractivity contribution is 0.141. The predicted octanol–water partition coefficient (Wildman–Crippen LogP) is 1.86. The van der Waals surface area contributed by atoms with Crippen LogP contribution in [0.2, 0.25) is 5.02 Å². The first-order valence-corrected chi connectivity index (χ1v) is 7.36. The molecule has 7 heteroatoms. The highest BCUT2D eigenvalue weighted by Gasteiger charge is 2.31. The van der Waals surface area contributed by atoms with Crippen LogP contribution in [0, 0.1) is 0 Å². The second kappa shape index (κ2) is 10.7.